The first kappa shape index (κ1) is 23.4. The third-order valence-corrected chi connectivity index (χ3v) is 5.10. The number of rotatable bonds is 11. The fourth-order valence-electron chi connectivity index (χ4n) is 2.15. The third-order valence-electron chi connectivity index (χ3n) is 3.56. The smallest absolute Gasteiger partial charge is 0.311 e. The van der Waals surface area contributed by atoms with Gasteiger partial charge in [0.05, 0.1) is 16.7 Å². The number of carbonyl (C=O) groups is 2. The summed E-state index contributed by atoms with van der Waals surface area (Å²) in [6.45, 7) is 2.56. The average Bonchev–Trinajstić information content (AvgIpc) is 2.60. The van der Waals surface area contributed by atoms with Crippen LogP contribution >= 0.6 is 46.4 Å². The summed E-state index contributed by atoms with van der Waals surface area (Å²) in [4.78, 5) is 23.5. The van der Waals surface area contributed by atoms with Crippen molar-refractivity contribution in [2.24, 2.45) is 0 Å². The molecule has 0 unspecified atom stereocenters. The molecule has 0 amide bonds. The SMILES string of the molecule is CCCCCCCOC(=O)CCCC(=O)Oc1c(Cl)c(Cl)cc(Cl)c1Cl. The van der Waals surface area contributed by atoms with Crippen LogP contribution in [-0.4, -0.2) is 18.5 Å². The minimum Gasteiger partial charge on any atom is -0.466 e. The van der Waals surface area contributed by atoms with E-state index in [1.54, 1.807) is 0 Å². The molecule has 0 N–H and O–H groups in total. The quantitative estimate of drug-likeness (QED) is 0.161. The highest BCUT2D eigenvalue weighted by molar-refractivity contribution is 6.48. The molecule has 0 spiro atoms. The van der Waals surface area contributed by atoms with Gasteiger partial charge in [0.2, 0.25) is 0 Å². The number of hydrogen-bond acceptors (Lipinski definition) is 4. The number of esters is 2. The van der Waals surface area contributed by atoms with Crippen LogP contribution in [0.3, 0.4) is 0 Å². The molecule has 0 heterocycles. The number of ether oxygens (including phenoxy) is 2. The zero-order chi connectivity index (χ0) is 19.5. The Kier molecular flexibility index (Phi) is 11.4. The molecule has 0 atom stereocenters. The Morgan fingerprint density at radius 1 is 0.846 bits per heavy atom. The summed E-state index contributed by atoms with van der Waals surface area (Å²) in [5.74, 6) is -0.986. The molecule has 1 rings (SSSR count). The van der Waals surface area contributed by atoms with Crippen LogP contribution in [0.4, 0.5) is 0 Å². The lowest BCUT2D eigenvalue weighted by atomic mass is 10.2. The second kappa shape index (κ2) is 12.7. The van der Waals surface area contributed by atoms with Crippen LogP contribution < -0.4 is 4.74 Å². The molecular weight excluding hydrogens is 422 g/mol. The van der Waals surface area contributed by atoms with E-state index in [2.05, 4.69) is 6.92 Å². The van der Waals surface area contributed by atoms with E-state index in [1.807, 2.05) is 0 Å². The maximum absolute atomic E-state index is 11.9. The van der Waals surface area contributed by atoms with E-state index in [1.165, 1.54) is 18.9 Å². The number of benzene rings is 1. The molecule has 0 saturated carbocycles. The fraction of sp³-hybridized carbons (Fsp3) is 0.556. The first-order valence-electron chi connectivity index (χ1n) is 8.56. The van der Waals surface area contributed by atoms with Gasteiger partial charge < -0.3 is 9.47 Å². The molecule has 0 bridgehead atoms. The van der Waals surface area contributed by atoms with Gasteiger partial charge in [-0.2, -0.15) is 0 Å². The predicted octanol–water partition coefficient (Wildman–Crippen LogP) is 6.89. The van der Waals surface area contributed by atoms with Crippen molar-refractivity contribution in [2.75, 3.05) is 6.61 Å². The lowest BCUT2D eigenvalue weighted by Crippen LogP contribution is -2.11. The lowest BCUT2D eigenvalue weighted by Gasteiger charge is -2.10. The molecule has 0 saturated heterocycles. The van der Waals surface area contributed by atoms with E-state index in [-0.39, 0.29) is 44.7 Å². The highest BCUT2D eigenvalue weighted by Gasteiger charge is 2.18. The maximum Gasteiger partial charge on any atom is 0.311 e. The largest absolute Gasteiger partial charge is 0.466 e. The second-order valence-electron chi connectivity index (χ2n) is 5.76. The minimum absolute atomic E-state index is 0.0110. The van der Waals surface area contributed by atoms with Crippen molar-refractivity contribution in [3.8, 4) is 5.75 Å². The first-order chi connectivity index (χ1) is 12.4. The highest BCUT2D eigenvalue weighted by atomic mass is 35.5. The maximum atomic E-state index is 11.9. The van der Waals surface area contributed by atoms with Gasteiger partial charge in [-0.15, -0.1) is 0 Å². The average molecular weight is 444 g/mol. The molecule has 0 aromatic heterocycles. The molecule has 4 nitrogen and oxygen atoms in total. The highest BCUT2D eigenvalue weighted by Crippen LogP contribution is 2.42. The zero-order valence-corrected chi connectivity index (χ0v) is 17.6. The monoisotopic (exact) mass is 442 g/mol. The Hall–Kier alpha value is -0.680. The molecule has 0 aliphatic carbocycles. The van der Waals surface area contributed by atoms with Gasteiger partial charge in [-0.1, -0.05) is 79.0 Å². The summed E-state index contributed by atoms with van der Waals surface area (Å²) in [5.41, 5.74) is 0. The van der Waals surface area contributed by atoms with Crippen molar-refractivity contribution in [2.45, 2.75) is 58.3 Å². The van der Waals surface area contributed by atoms with Crippen LogP contribution in [0.25, 0.3) is 0 Å². The fourth-order valence-corrected chi connectivity index (χ4v) is 3.02. The van der Waals surface area contributed by atoms with E-state index in [0.29, 0.717) is 13.0 Å². The summed E-state index contributed by atoms with van der Waals surface area (Å²) in [6.07, 6.45) is 5.90. The summed E-state index contributed by atoms with van der Waals surface area (Å²) in [5, 5.41) is 0.284. The van der Waals surface area contributed by atoms with E-state index in [0.717, 1.165) is 19.3 Å². The topological polar surface area (TPSA) is 52.6 Å². The van der Waals surface area contributed by atoms with Crippen molar-refractivity contribution in [3.63, 3.8) is 0 Å². The summed E-state index contributed by atoms with van der Waals surface area (Å²) in [7, 11) is 0. The molecular formula is C18H22Cl4O4. The van der Waals surface area contributed by atoms with Gasteiger partial charge in [0.25, 0.3) is 0 Å². The lowest BCUT2D eigenvalue weighted by molar-refractivity contribution is -0.144. The first-order valence-corrected chi connectivity index (χ1v) is 10.1. The van der Waals surface area contributed by atoms with Crippen LogP contribution in [0.1, 0.15) is 58.3 Å². The number of hydrogen-bond donors (Lipinski definition) is 0. The molecule has 1 aromatic carbocycles. The van der Waals surface area contributed by atoms with Crippen molar-refractivity contribution >= 4 is 58.3 Å². The van der Waals surface area contributed by atoms with Crippen LogP contribution in [0.15, 0.2) is 6.07 Å². The second-order valence-corrected chi connectivity index (χ2v) is 7.33. The van der Waals surface area contributed by atoms with Gasteiger partial charge >= 0.3 is 11.9 Å². The molecule has 8 heteroatoms. The van der Waals surface area contributed by atoms with Crippen molar-refractivity contribution in [3.05, 3.63) is 26.2 Å². The Bertz CT molecular complexity index is 593. The number of unbranched alkanes of at least 4 members (excludes halogenated alkanes) is 4. The van der Waals surface area contributed by atoms with Gasteiger partial charge in [-0.05, 0) is 18.9 Å². The molecule has 146 valence electrons. The molecule has 0 aliphatic heterocycles. The summed E-state index contributed by atoms with van der Waals surface area (Å²) >= 11 is 23.7. The van der Waals surface area contributed by atoms with Crippen molar-refractivity contribution < 1.29 is 19.1 Å². The van der Waals surface area contributed by atoms with Crippen LogP contribution in [0, 0.1) is 0 Å². The van der Waals surface area contributed by atoms with Gasteiger partial charge in [0, 0.05) is 12.8 Å². The number of halogens is 4. The standard InChI is InChI=1S/C18H22Cl4O4/c1-2-3-4-5-6-10-25-14(23)8-7-9-15(24)26-18-16(21)12(19)11-13(20)17(18)22/h11H,2-10H2,1H3. The Morgan fingerprint density at radius 2 is 1.42 bits per heavy atom. The zero-order valence-electron chi connectivity index (χ0n) is 14.6. The molecule has 0 fully saturated rings. The minimum atomic E-state index is -0.584. The van der Waals surface area contributed by atoms with E-state index in [4.69, 9.17) is 55.9 Å². The molecule has 26 heavy (non-hydrogen) atoms. The van der Waals surface area contributed by atoms with Gasteiger partial charge in [-0.3, -0.25) is 9.59 Å². The molecule has 1 aromatic rings. The van der Waals surface area contributed by atoms with Crippen LogP contribution in [-0.2, 0) is 14.3 Å². The third kappa shape index (κ3) is 8.34. The van der Waals surface area contributed by atoms with E-state index >= 15 is 0 Å². The summed E-state index contributed by atoms with van der Waals surface area (Å²) < 4.78 is 10.3. The van der Waals surface area contributed by atoms with E-state index < -0.39 is 5.97 Å². The Balaban J connectivity index is 2.30. The van der Waals surface area contributed by atoms with Gasteiger partial charge in [0.15, 0.2) is 5.75 Å². The van der Waals surface area contributed by atoms with Crippen LogP contribution in [0.2, 0.25) is 20.1 Å². The Morgan fingerprint density at radius 3 is 2.04 bits per heavy atom. The Labute approximate surface area is 174 Å². The van der Waals surface area contributed by atoms with Crippen molar-refractivity contribution in [1.82, 2.24) is 0 Å². The van der Waals surface area contributed by atoms with Gasteiger partial charge in [-0.25, -0.2) is 0 Å². The predicted molar refractivity (Wildman–Crippen MR) is 106 cm³/mol. The molecule has 0 radical (unpaired) electrons. The van der Waals surface area contributed by atoms with E-state index in [9.17, 15) is 9.59 Å². The molecule has 0 aliphatic rings. The number of carbonyl (C=O) groups excluding carboxylic acids is 2. The van der Waals surface area contributed by atoms with Gasteiger partial charge in [0.1, 0.15) is 10.0 Å². The summed E-state index contributed by atoms with van der Waals surface area (Å²) in [6, 6.07) is 1.36. The van der Waals surface area contributed by atoms with Crippen LogP contribution in [0.5, 0.6) is 5.75 Å². The normalized spacial score (nSPS) is 10.7. The van der Waals surface area contributed by atoms with Crippen molar-refractivity contribution in [1.29, 1.82) is 0 Å².